The Bertz CT molecular complexity index is 2850. The number of nitrogens with one attached hydrogen (secondary N) is 11. The van der Waals surface area contributed by atoms with Crippen LogP contribution in [-0.4, -0.2) is 209 Å². The number of aliphatic hydroxyl groups excluding tert-OH is 1. The zero-order chi connectivity index (χ0) is 65.0. The summed E-state index contributed by atoms with van der Waals surface area (Å²) < 4.78 is 0. The van der Waals surface area contributed by atoms with E-state index in [0.717, 1.165) is 4.90 Å². The van der Waals surface area contributed by atoms with Crippen LogP contribution in [0.5, 0.6) is 0 Å². The highest BCUT2D eigenvalue weighted by Crippen LogP contribution is 2.21. The number of primary amides is 2. The van der Waals surface area contributed by atoms with Gasteiger partial charge in [0.1, 0.15) is 54.4 Å². The number of unbranched alkanes of at least 4 members (excludes halogenated alkanes) is 1. The van der Waals surface area contributed by atoms with E-state index in [2.05, 4.69) is 77.4 Å². The number of carboxylic acid groups (broad SMARTS) is 1. The first-order chi connectivity index (χ1) is 41.8. The summed E-state index contributed by atoms with van der Waals surface area (Å²) in [6.45, 7) is 2.42. The van der Waals surface area contributed by atoms with Crippen LogP contribution in [0.3, 0.4) is 0 Å². The predicted molar refractivity (Wildman–Crippen MR) is 310 cm³/mol. The molecule has 1 aliphatic heterocycles. The largest absolute Gasteiger partial charge is 0.480 e. The van der Waals surface area contributed by atoms with Crippen LogP contribution < -0.4 is 76.9 Å². The summed E-state index contributed by atoms with van der Waals surface area (Å²) in [6, 6.07) is -14.7. The molecule has 1 fully saturated rings. The van der Waals surface area contributed by atoms with Gasteiger partial charge in [0.25, 0.3) is 0 Å². The maximum absolute atomic E-state index is 14.8. The van der Waals surface area contributed by atoms with Gasteiger partial charge >= 0.3 is 5.97 Å². The minimum absolute atomic E-state index is 0.0157. The monoisotopic (exact) mass is 1240 g/mol. The number of H-pyrrole nitrogens is 3. The molecule has 4 rings (SSSR count). The zero-order valence-electron chi connectivity index (χ0n) is 48.8. The lowest BCUT2D eigenvalue weighted by Crippen LogP contribution is -2.61. The van der Waals surface area contributed by atoms with Gasteiger partial charge in [-0.25, -0.2) is 19.7 Å². The minimum Gasteiger partial charge on any atom is -0.480 e. The van der Waals surface area contributed by atoms with Crippen molar-refractivity contribution in [1.82, 2.24) is 77.3 Å². The molecule has 25 N–H and O–H groups in total. The average molecular weight is 1240 g/mol. The van der Waals surface area contributed by atoms with E-state index in [1.807, 2.05) is 0 Å². The summed E-state index contributed by atoms with van der Waals surface area (Å²) in [6.07, 6.45) is 7.11. The second kappa shape index (κ2) is 35.8. The van der Waals surface area contributed by atoms with Crippen LogP contribution in [0.4, 0.5) is 0 Å². The summed E-state index contributed by atoms with van der Waals surface area (Å²) in [4.78, 5) is 187. The van der Waals surface area contributed by atoms with E-state index in [1.165, 1.54) is 37.6 Å². The first kappa shape index (κ1) is 70.9. The van der Waals surface area contributed by atoms with Crippen molar-refractivity contribution < 1.29 is 67.7 Å². The van der Waals surface area contributed by atoms with Crippen molar-refractivity contribution >= 4 is 76.9 Å². The second-order valence-corrected chi connectivity index (χ2v) is 21.2. The summed E-state index contributed by atoms with van der Waals surface area (Å²) in [5.41, 5.74) is 34.7. The van der Waals surface area contributed by atoms with E-state index < -0.39 is 157 Å². The van der Waals surface area contributed by atoms with Crippen LogP contribution in [0, 0.1) is 5.92 Å². The molecule has 1 aliphatic rings. The predicted octanol–water partition coefficient (Wildman–Crippen LogP) is -7.86. The van der Waals surface area contributed by atoms with Crippen LogP contribution in [0.15, 0.2) is 42.6 Å². The van der Waals surface area contributed by atoms with E-state index in [9.17, 15) is 67.7 Å². The molecule has 0 saturated carbocycles. The molecule has 36 heteroatoms. The number of hydrogen-bond donors (Lipinski definition) is 19. The number of aromatic nitrogens is 6. The lowest BCUT2D eigenvalue weighted by atomic mass is 10.0. The third-order valence-electron chi connectivity index (χ3n) is 13.9. The van der Waals surface area contributed by atoms with Crippen LogP contribution in [-0.2, 0) is 76.8 Å². The highest BCUT2D eigenvalue weighted by atomic mass is 16.4. The molecule has 484 valence electrons. The quantitative estimate of drug-likeness (QED) is 0.0143. The topological polar surface area (TPSA) is 599 Å². The van der Waals surface area contributed by atoms with Crippen molar-refractivity contribution in [3.05, 3.63) is 54.7 Å². The van der Waals surface area contributed by atoms with Gasteiger partial charge in [-0.3, -0.25) is 57.7 Å². The summed E-state index contributed by atoms with van der Waals surface area (Å²) >= 11 is 0. The zero-order valence-corrected chi connectivity index (χ0v) is 48.8. The van der Waals surface area contributed by atoms with Crippen molar-refractivity contribution in [2.45, 2.75) is 158 Å². The molecule has 0 bridgehead atoms. The summed E-state index contributed by atoms with van der Waals surface area (Å²) in [5, 5.41) is 40.0. The third-order valence-corrected chi connectivity index (χ3v) is 13.9. The summed E-state index contributed by atoms with van der Waals surface area (Å²) in [7, 11) is 0. The minimum atomic E-state index is -1.84. The van der Waals surface area contributed by atoms with Crippen LogP contribution >= 0.6 is 0 Å². The highest BCUT2D eigenvalue weighted by molar-refractivity contribution is 5.99. The molecule has 88 heavy (non-hydrogen) atoms. The van der Waals surface area contributed by atoms with Crippen molar-refractivity contribution in [3.63, 3.8) is 0 Å². The van der Waals surface area contributed by atoms with Gasteiger partial charge in [-0.2, -0.15) is 0 Å². The Labute approximate surface area is 504 Å². The second-order valence-electron chi connectivity index (χ2n) is 21.2. The van der Waals surface area contributed by atoms with E-state index in [1.54, 1.807) is 13.8 Å². The molecule has 0 aliphatic carbocycles. The van der Waals surface area contributed by atoms with Gasteiger partial charge in [0, 0.05) is 74.4 Å². The Morgan fingerprint density at radius 2 is 1.10 bits per heavy atom. The number of rotatable bonds is 39. The van der Waals surface area contributed by atoms with Gasteiger partial charge in [0.05, 0.1) is 38.1 Å². The fourth-order valence-corrected chi connectivity index (χ4v) is 9.24. The first-order valence-electron chi connectivity index (χ1n) is 28.4. The molecule has 1 saturated heterocycles. The van der Waals surface area contributed by atoms with Gasteiger partial charge in [-0.1, -0.05) is 13.8 Å². The fourth-order valence-electron chi connectivity index (χ4n) is 9.24. The molecule has 0 radical (unpaired) electrons. The molecule has 4 heterocycles. The van der Waals surface area contributed by atoms with Gasteiger partial charge in [0.2, 0.25) is 65.0 Å². The number of nitrogens with two attached hydrogens (primary N) is 6. The summed E-state index contributed by atoms with van der Waals surface area (Å²) in [5.74, 6) is -12.5. The Balaban J connectivity index is 1.55. The van der Waals surface area contributed by atoms with E-state index in [0.29, 0.717) is 23.5 Å². The molecule has 3 aromatic heterocycles. The molecule has 0 unspecified atom stereocenters. The van der Waals surface area contributed by atoms with Gasteiger partial charge in [0.15, 0.2) is 5.96 Å². The highest BCUT2D eigenvalue weighted by Gasteiger charge is 2.41. The number of carbonyl (C=O) groups is 12. The maximum atomic E-state index is 14.8. The van der Waals surface area contributed by atoms with Gasteiger partial charge in [-0.15, -0.1) is 0 Å². The number of aliphatic imine (C=N–C) groups is 1. The molecule has 3 aromatic rings. The molecule has 0 aromatic carbocycles. The van der Waals surface area contributed by atoms with E-state index >= 15 is 0 Å². The number of imidazole rings is 3. The Morgan fingerprint density at radius 3 is 1.62 bits per heavy atom. The average Bonchev–Trinajstić information content (AvgIpc) is 4.55. The first-order valence-corrected chi connectivity index (χ1v) is 28.4. The number of carbonyl (C=O) groups excluding carboxylic acids is 11. The molecular formula is C52H82N22O14. The number of hydrogen-bond acceptors (Lipinski definition) is 19. The normalized spacial score (nSPS) is 15.9. The van der Waals surface area contributed by atoms with Crippen LogP contribution in [0.2, 0.25) is 0 Å². The van der Waals surface area contributed by atoms with E-state index in [-0.39, 0.29) is 89.8 Å². The SMILES string of the molecule is CC(C)[C@H](NC(=O)[C@@H](N)Cc1cnc[nH]1)C(=O)N[C@@H](CCCN=C(N)N)C(=O)N[C@@H](Cc1cnc[nH]1)C(=O)N[C@@H](Cc1cnc[nH]1)C(=O)N1CCC[C@H]1C(=O)N[C@@H](CO)C(=O)N[C@@H](CC(N)=O)C(=O)N[C@@H](CCCCN)C(=O)N[C@@H](CCC(N)=O)C(=O)O. The fraction of sp³-hybridized carbons (Fsp3) is 0.577. The molecule has 36 nitrogen and oxygen atoms in total. The molecule has 10 atom stereocenters. The Hall–Kier alpha value is -9.58. The van der Waals surface area contributed by atoms with Crippen molar-refractivity contribution in [3.8, 4) is 0 Å². The standard InChI is InChI=1S/C52H82N22O14/c1-26(2)41(73-42(78)30(54)15-27-19-59-23-63-27)49(85)67-32(8-5-13-62-52(57)58)44(80)69-34(16-28-20-60-24-64-28)45(81)71-36(17-29-21-61-25-65-29)50(86)74-14-6-9-38(74)48(84)72-37(22-75)47(83)70-35(18-40(56)77)46(82)66-31(7-3-4-12-53)43(79)68-33(51(87)88)10-11-39(55)76/h19-21,23-26,30-38,41,75H,3-18,22,53-54H2,1-2H3,(H2,55,76)(H2,56,77)(H,59,63)(H,60,64)(H,61,65)(H,66,82)(H,67,85)(H,68,79)(H,69,80)(H,70,83)(H,71,81)(H,72,84)(H,73,78)(H,87,88)(H4,57,58,62)/t30-,31-,32-,33-,34-,35-,36-,37-,38-,41-/m0/s1. The Kier molecular flexibility index (Phi) is 28.8. The van der Waals surface area contributed by atoms with Crippen LogP contribution in [0.1, 0.15) is 95.1 Å². The van der Waals surface area contributed by atoms with Gasteiger partial charge < -0.3 is 107 Å². The lowest BCUT2D eigenvalue weighted by molar-refractivity contribution is -0.143. The number of aromatic amines is 3. The number of aliphatic hydroxyl groups is 1. The number of guanidine groups is 1. The van der Waals surface area contributed by atoms with Crippen LogP contribution in [0.25, 0.3) is 0 Å². The van der Waals surface area contributed by atoms with Crippen molar-refractivity contribution in [1.29, 1.82) is 0 Å². The maximum Gasteiger partial charge on any atom is 0.326 e. The van der Waals surface area contributed by atoms with Gasteiger partial charge in [-0.05, 0) is 63.8 Å². The van der Waals surface area contributed by atoms with Crippen molar-refractivity contribution in [2.75, 3.05) is 26.2 Å². The smallest absolute Gasteiger partial charge is 0.326 e. The number of amides is 11. The number of likely N-dealkylation sites (tertiary alicyclic amines) is 1. The number of aliphatic carboxylic acids is 1. The molecule has 0 spiro atoms. The Morgan fingerprint density at radius 1 is 0.602 bits per heavy atom. The third kappa shape index (κ3) is 23.4. The number of carboxylic acids is 1. The molecule has 11 amide bonds. The lowest BCUT2D eigenvalue weighted by Gasteiger charge is -2.31. The van der Waals surface area contributed by atoms with E-state index in [4.69, 9.17) is 34.4 Å². The van der Waals surface area contributed by atoms with Crippen molar-refractivity contribution in [2.24, 2.45) is 45.3 Å². The molecular weight excluding hydrogens is 1160 g/mol. The number of nitrogens with zero attached hydrogens (tertiary/aromatic N) is 5.